The summed E-state index contributed by atoms with van der Waals surface area (Å²) in [6, 6.07) is 34.6. The van der Waals surface area contributed by atoms with Crippen LogP contribution in [-0.2, 0) is 0 Å². The molecule has 0 aliphatic carbocycles. The first-order valence-corrected chi connectivity index (χ1v) is 13.1. The molecule has 0 saturated carbocycles. The van der Waals surface area contributed by atoms with E-state index in [0.29, 0.717) is 18.7 Å². The van der Waals surface area contributed by atoms with E-state index in [1.165, 1.54) is 16.7 Å². The molecule has 2 heterocycles. The number of imidazole rings is 1. The SMILES string of the molecule is Cc1cccn2cc(-c3ccc(OCCCN(C(C)c4ccccc4)C(C)c4ccccc4)cc3)nc12. The van der Waals surface area contributed by atoms with Crippen molar-refractivity contribution in [2.75, 3.05) is 13.2 Å². The van der Waals surface area contributed by atoms with Gasteiger partial charge in [-0.25, -0.2) is 4.98 Å². The quantitative estimate of drug-likeness (QED) is 0.187. The molecule has 0 bridgehead atoms. The number of aromatic nitrogens is 2. The highest BCUT2D eigenvalue weighted by atomic mass is 16.5. The van der Waals surface area contributed by atoms with E-state index in [4.69, 9.17) is 9.72 Å². The van der Waals surface area contributed by atoms with Crippen LogP contribution in [0.1, 0.15) is 49.0 Å². The Bertz CT molecular complexity index is 1370. The van der Waals surface area contributed by atoms with E-state index in [-0.39, 0.29) is 0 Å². The van der Waals surface area contributed by atoms with Crippen molar-refractivity contribution in [1.29, 1.82) is 0 Å². The molecule has 0 saturated heterocycles. The number of fused-ring (bicyclic) bond motifs is 1. The molecule has 3 aromatic carbocycles. The van der Waals surface area contributed by atoms with E-state index in [9.17, 15) is 0 Å². The minimum absolute atomic E-state index is 0.310. The first-order valence-electron chi connectivity index (χ1n) is 13.1. The second-order valence-electron chi connectivity index (χ2n) is 9.69. The maximum atomic E-state index is 6.14. The molecule has 0 radical (unpaired) electrons. The topological polar surface area (TPSA) is 29.8 Å². The highest BCUT2D eigenvalue weighted by Crippen LogP contribution is 2.30. The van der Waals surface area contributed by atoms with Gasteiger partial charge in [0, 0.05) is 36.6 Å². The monoisotopic (exact) mass is 489 g/mol. The zero-order chi connectivity index (χ0) is 25.6. The van der Waals surface area contributed by atoms with Gasteiger partial charge in [-0.1, -0.05) is 66.7 Å². The molecule has 4 nitrogen and oxygen atoms in total. The average Bonchev–Trinajstić information content (AvgIpc) is 3.40. The molecule has 2 atom stereocenters. The largest absolute Gasteiger partial charge is 0.494 e. The van der Waals surface area contributed by atoms with Gasteiger partial charge in [-0.2, -0.15) is 0 Å². The van der Waals surface area contributed by atoms with Crippen molar-refractivity contribution < 1.29 is 4.74 Å². The predicted molar refractivity (Wildman–Crippen MR) is 152 cm³/mol. The van der Waals surface area contributed by atoms with E-state index < -0.39 is 0 Å². The number of benzene rings is 3. The molecule has 5 aromatic rings. The number of rotatable bonds is 10. The molecular formula is C33H35N3O. The first-order chi connectivity index (χ1) is 18.1. The Morgan fingerprint density at radius 2 is 1.41 bits per heavy atom. The summed E-state index contributed by atoms with van der Waals surface area (Å²) in [5, 5.41) is 0. The van der Waals surface area contributed by atoms with Gasteiger partial charge < -0.3 is 9.14 Å². The summed E-state index contributed by atoms with van der Waals surface area (Å²) >= 11 is 0. The van der Waals surface area contributed by atoms with Gasteiger partial charge in [0.05, 0.1) is 12.3 Å². The van der Waals surface area contributed by atoms with Crippen molar-refractivity contribution in [3.8, 4) is 17.0 Å². The van der Waals surface area contributed by atoms with Crippen LogP contribution in [0, 0.1) is 6.92 Å². The summed E-state index contributed by atoms with van der Waals surface area (Å²) in [6.07, 6.45) is 5.06. The molecule has 4 heteroatoms. The van der Waals surface area contributed by atoms with Gasteiger partial charge in [0.1, 0.15) is 11.4 Å². The lowest BCUT2D eigenvalue weighted by Gasteiger charge is -2.35. The lowest BCUT2D eigenvalue weighted by Crippen LogP contribution is -2.32. The Hall–Kier alpha value is -3.89. The first kappa shape index (κ1) is 24.8. The lowest BCUT2D eigenvalue weighted by molar-refractivity contribution is 0.141. The normalized spacial score (nSPS) is 13.1. The molecule has 0 aliphatic heterocycles. The van der Waals surface area contributed by atoms with Crippen LogP contribution in [-0.4, -0.2) is 27.4 Å². The number of aryl methyl sites for hydroxylation is 1. The van der Waals surface area contributed by atoms with Crippen molar-refractivity contribution in [2.45, 2.75) is 39.3 Å². The van der Waals surface area contributed by atoms with E-state index in [1.54, 1.807) is 0 Å². The van der Waals surface area contributed by atoms with Crippen molar-refractivity contribution in [3.63, 3.8) is 0 Å². The third-order valence-electron chi connectivity index (χ3n) is 7.22. The second-order valence-corrected chi connectivity index (χ2v) is 9.69. The van der Waals surface area contributed by atoms with Gasteiger partial charge in [0.2, 0.25) is 0 Å². The molecule has 5 rings (SSSR count). The molecule has 188 valence electrons. The van der Waals surface area contributed by atoms with Crippen molar-refractivity contribution >= 4 is 5.65 Å². The number of hydrogen-bond acceptors (Lipinski definition) is 3. The van der Waals surface area contributed by atoms with Crippen LogP contribution < -0.4 is 4.74 Å². The molecule has 2 unspecified atom stereocenters. The fraction of sp³-hybridized carbons (Fsp3) is 0.242. The van der Waals surface area contributed by atoms with Crippen LogP contribution >= 0.6 is 0 Å². The number of ether oxygens (including phenoxy) is 1. The Kier molecular flexibility index (Phi) is 7.67. The summed E-state index contributed by atoms with van der Waals surface area (Å²) in [5.41, 5.74) is 6.91. The lowest BCUT2D eigenvalue weighted by atomic mass is 10.0. The van der Waals surface area contributed by atoms with Gasteiger partial charge in [-0.05, 0) is 74.2 Å². The molecule has 0 N–H and O–H groups in total. The van der Waals surface area contributed by atoms with Crippen LogP contribution in [0.2, 0.25) is 0 Å². The summed E-state index contributed by atoms with van der Waals surface area (Å²) in [7, 11) is 0. The van der Waals surface area contributed by atoms with E-state index in [2.05, 4.69) is 115 Å². The maximum absolute atomic E-state index is 6.14. The molecule has 0 fully saturated rings. The fourth-order valence-electron chi connectivity index (χ4n) is 5.02. The molecule has 0 spiro atoms. The van der Waals surface area contributed by atoms with Crippen LogP contribution in [0.4, 0.5) is 0 Å². The van der Waals surface area contributed by atoms with Crippen LogP contribution in [0.3, 0.4) is 0 Å². The Morgan fingerprint density at radius 3 is 2.00 bits per heavy atom. The van der Waals surface area contributed by atoms with E-state index in [0.717, 1.165) is 35.6 Å². The van der Waals surface area contributed by atoms with E-state index in [1.807, 2.05) is 24.4 Å². The number of pyridine rings is 1. The maximum Gasteiger partial charge on any atom is 0.140 e. The average molecular weight is 490 g/mol. The molecule has 0 aliphatic rings. The third kappa shape index (κ3) is 5.76. The Labute approximate surface area is 220 Å². The molecular weight excluding hydrogens is 454 g/mol. The number of hydrogen-bond donors (Lipinski definition) is 0. The summed E-state index contributed by atoms with van der Waals surface area (Å²) in [6.45, 7) is 8.31. The molecule has 2 aromatic heterocycles. The molecule has 0 amide bonds. The van der Waals surface area contributed by atoms with Crippen molar-refractivity contribution in [3.05, 3.63) is 126 Å². The van der Waals surface area contributed by atoms with Gasteiger partial charge in [-0.3, -0.25) is 4.90 Å². The van der Waals surface area contributed by atoms with Gasteiger partial charge in [0.15, 0.2) is 0 Å². The summed E-state index contributed by atoms with van der Waals surface area (Å²) < 4.78 is 8.22. The van der Waals surface area contributed by atoms with Gasteiger partial charge >= 0.3 is 0 Å². The molecule has 37 heavy (non-hydrogen) atoms. The van der Waals surface area contributed by atoms with Gasteiger partial charge in [0.25, 0.3) is 0 Å². The van der Waals surface area contributed by atoms with Crippen LogP contribution in [0.5, 0.6) is 5.75 Å². The summed E-state index contributed by atoms with van der Waals surface area (Å²) in [5.74, 6) is 0.891. The Balaban J connectivity index is 1.22. The van der Waals surface area contributed by atoms with Crippen LogP contribution in [0.25, 0.3) is 16.9 Å². The highest BCUT2D eigenvalue weighted by molar-refractivity contribution is 5.64. The Morgan fingerprint density at radius 1 is 0.784 bits per heavy atom. The highest BCUT2D eigenvalue weighted by Gasteiger charge is 2.22. The number of nitrogens with zero attached hydrogens (tertiary/aromatic N) is 3. The standard InChI is InChI=1S/C33H35N3O/c1-25-12-10-21-35-24-32(34-33(25)35)30-17-19-31(20-18-30)37-23-11-22-36(26(2)28-13-6-4-7-14-28)27(3)29-15-8-5-9-16-29/h4-10,12-21,24,26-27H,11,22-23H2,1-3H3. The smallest absolute Gasteiger partial charge is 0.140 e. The van der Waals surface area contributed by atoms with E-state index >= 15 is 0 Å². The zero-order valence-electron chi connectivity index (χ0n) is 21.9. The minimum atomic E-state index is 0.310. The van der Waals surface area contributed by atoms with Crippen molar-refractivity contribution in [1.82, 2.24) is 14.3 Å². The zero-order valence-corrected chi connectivity index (χ0v) is 21.9. The minimum Gasteiger partial charge on any atom is -0.494 e. The predicted octanol–water partition coefficient (Wildman–Crippen LogP) is 7.90. The summed E-state index contributed by atoms with van der Waals surface area (Å²) in [4.78, 5) is 7.38. The van der Waals surface area contributed by atoms with Gasteiger partial charge in [-0.15, -0.1) is 0 Å². The van der Waals surface area contributed by atoms with Crippen molar-refractivity contribution in [2.24, 2.45) is 0 Å². The third-order valence-corrected chi connectivity index (χ3v) is 7.22. The van der Waals surface area contributed by atoms with Crippen LogP contribution in [0.15, 0.2) is 109 Å². The second kappa shape index (κ2) is 11.4. The fourth-order valence-corrected chi connectivity index (χ4v) is 5.02.